The number of nitrogens with two attached hydrogens (primary N) is 2. The van der Waals surface area contributed by atoms with Gasteiger partial charge in [-0.15, -0.1) is 0 Å². The standard InChI is InChI=1S/C10H10Cl2N6/c11-6-2-1-5(3-7(6)12)4-15-10-17-8(13)16-9(14)18-10/h1-3H,4H2,(H5,13,14,15,16,17,18). The maximum absolute atomic E-state index is 5.91. The quantitative estimate of drug-likeness (QED) is 0.796. The van der Waals surface area contributed by atoms with Gasteiger partial charge in [-0.3, -0.25) is 0 Å². The average molecular weight is 285 g/mol. The minimum atomic E-state index is 0.0686. The fourth-order valence-electron chi connectivity index (χ4n) is 1.32. The first-order valence-corrected chi connectivity index (χ1v) is 5.75. The normalized spacial score (nSPS) is 10.3. The molecule has 0 aliphatic rings. The van der Waals surface area contributed by atoms with Crippen LogP contribution in [-0.2, 0) is 6.54 Å². The van der Waals surface area contributed by atoms with Crippen LogP contribution in [0.5, 0.6) is 0 Å². The van der Waals surface area contributed by atoms with Crippen molar-refractivity contribution in [2.24, 2.45) is 0 Å². The Kier molecular flexibility index (Phi) is 3.69. The first kappa shape index (κ1) is 12.7. The monoisotopic (exact) mass is 284 g/mol. The van der Waals surface area contributed by atoms with Gasteiger partial charge < -0.3 is 16.8 Å². The number of aromatic nitrogens is 3. The molecule has 0 aliphatic heterocycles. The number of hydrogen-bond acceptors (Lipinski definition) is 6. The summed E-state index contributed by atoms with van der Waals surface area (Å²) in [7, 11) is 0. The molecule has 1 aromatic carbocycles. The highest BCUT2D eigenvalue weighted by molar-refractivity contribution is 6.42. The van der Waals surface area contributed by atoms with E-state index in [1.807, 2.05) is 6.07 Å². The molecule has 2 rings (SSSR count). The lowest BCUT2D eigenvalue weighted by Gasteiger charge is -2.06. The molecule has 2 aromatic rings. The number of rotatable bonds is 3. The SMILES string of the molecule is Nc1nc(N)nc(NCc2ccc(Cl)c(Cl)c2)n1. The van der Waals surface area contributed by atoms with Crippen LogP contribution < -0.4 is 16.8 Å². The zero-order valence-electron chi connectivity index (χ0n) is 9.19. The first-order valence-electron chi connectivity index (χ1n) is 4.99. The molecule has 0 unspecified atom stereocenters. The van der Waals surface area contributed by atoms with Crippen molar-refractivity contribution in [3.05, 3.63) is 33.8 Å². The van der Waals surface area contributed by atoms with Crippen LogP contribution in [0.15, 0.2) is 18.2 Å². The third-order valence-corrected chi connectivity index (χ3v) is 2.84. The largest absolute Gasteiger partial charge is 0.368 e. The van der Waals surface area contributed by atoms with E-state index in [1.54, 1.807) is 12.1 Å². The number of nitrogen functional groups attached to an aromatic ring is 2. The van der Waals surface area contributed by atoms with Gasteiger partial charge in [-0.1, -0.05) is 29.3 Å². The van der Waals surface area contributed by atoms with Crippen molar-refractivity contribution in [2.75, 3.05) is 16.8 Å². The van der Waals surface area contributed by atoms with Gasteiger partial charge in [-0.2, -0.15) is 15.0 Å². The van der Waals surface area contributed by atoms with Gasteiger partial charge in [0.15, 0.2) is 0 Å². The average Bonchev–Trinajstić information content (AvgIpc) is 2.29. The Labute approximate surface area is 113 Å². The number of benzene rings is 1. The summed E-state index contributed by atoms with van der Waals surface area (Å²) in [5.41, 5.74) is 11.8. The lowest BCUT2D eigenvalue weighted by molar-refractivity contribution is 1.02. The van der Waals surface area contributed by atoms with Crippen LogP contribution in [0.1, 0.15) is 5.56 Å². The van der Waals surface area contributed by atoms with Gasteiger partial charge in [0.2, 0.25) is 17.8 Å². The van der Waals surface area contributed by atoms with Crippen LogP contribution in [0, 0.1) is 0 Å². The molecule has 0 spiro atoms. The van der Waals surface area contributed by atoms with Gasteiger partial charge in [-0.05, 0) is 17.7 Å². The van der Waals surface area contributed by atoms with Gasteiger partial charge in [-0.25, -0.2) is 0 Å². The zero-order chi connectivity index (χ0) is 13.1. The van der Waals surface area contributed by atoms with Crippen molar-refractivity contribution >= 4 is 41.0 Å². The summed E-state index contributed by atoms with van der Waals surface area (Å²) in [6.45, 7) is 0.472. The number of halogens is 2. The second-order valence-corrected chi connectivity index (χ2v) is 4.29. The van der Waals surface area contributed by atoms with E-state index in [1.165, 1.54) is 0 Å². The van der Waals surface area contributed by atoms with Crippen LogP contribution in [-0.4, -0.2) is 15.0 Å². The summed E-state index contributed by atoms with van der Waals surface area (Å²) >= 11 is 11.7. The molecule has 0 aliphatic carbocycles. The zero-order valence-corrected chi connectivity index (χ0v) is 10.7. The Hall–Kier alpha value is -1.79. The predicted octanol–water partition coefficient (Wildman–Crippen LogP) is 1.95. The van der Waals surface area contributed by atoms with E-state index in [0.717, 1.165) is 5.56 Å². The Morgan fingerprint density at radius 1 is 1.00 bits per heavy atom. The Bertz CT molecular complexity index is 554. The van der Waals surface area contributed by atoms with Gasteiger partial charge >= 0.3 is 0 Å². The Morgan fingerprint density at radius 2 is 1.67 bits per heavy atom. The molecule has 8 heteroatoms. The molecule has 94 valence electrons. The molecule has 1 heterocycles. The van der Waals surface area contributed by atoms with Gasteiger partial charge in [0.1, 0.15) is 0 Å². The molecule has 18 heavy (non-hydrogen) atoms. The van der Waals surface area contributed by atoms with E-state index >= 15 is 0 Å². The number of nitrogens with one attached hydrogen (secondary N) is 1. The van der Waals surface area contributed by atoms with E-state index in [4.69, 9.17) is 34.7 Å². The van der Waals surface area contributed by atoms with Crippen molar-refractivity contribution in [1.82, 2.24) is 15.0 Å². The van der Waals surface area contributed by atoms with Crippen LogP contribution in [0.3, 0.4) is 0 Å². The number of hydrogen-bond donors (Lipinski definition) is 3. The fraction of sp³-hybridized carbons (Fsp3) is 0.100. The third kappa shape index (κ3) is 3.12. The van der Waals surface area contributed by atoms with E-state index in [9.17, 15) is 0 Å². The fourth-order valence-corrected chi connectivity index (χ4v) is 1.64. The van der Waals surface area contributed by atoms with E-state index < -0.39 is 0 Å². The van der Waals surface area contributed by atoms with E-state index in [0.29, 0.717) is 22.5 Å². The molecule has 0 radical (unpaired) electrons. The summed E-state index contributed by atoms with van der Waals surface area (Å²) in [6.07, 6.45) is 0. The topological polar surface area (TPSA) is 103 Å². The highest BCUT2D eigenvalue weighted by Crippen LogP contribution is 2.22. The summed E-state index contributed by atoms with van der Waals surface area (Å²) in [4.78, 5) is 11.5. The number of nitrogens with zero attached hydrogens (tertiary/aromatic N) is 3. The second kappa shape index (κ2) is 5.24. The summed E-state index contributed by atoms with van der Waals surface area (Å²) in [5.74, 6) is 0.448. The third-order valence-electron chi connectivity index (χ3n) is 2.10. The molecule has 5 N–H and O–H groups in total. The molecular formula is C10H10Cl2N6. The summed E-state index contributed by atoms with van der Waals surface area (Å²) < 4.78 is 0. The van der Waals surface area contributed by atoms with E-state index in [-0.39, 0.29) is 11.9 Å². The summed E-state index contributed by atoms with van der Waals surface area (Å²) in [6, 6.07) is 5.32. The minimum absolute atomic E-state index is 0.0686. The van der Waals surface area contributed by atoms with Crippen molar-refractivity contribution in [2.45, 2.75) is 6.54 Å². The predicted molar refractivity (Wildman–Crippen MR) is 72.4 cm³/mol. The molecule has 6 nitrogen and oxygen atoms in total. The molecule has 0 bridgehead atoms. The van der Waals surface area contributed by atoms with Crippen molar-refractivity contribution < 1.29 is 0 Å². The first-order chi connectivity index (χ1) is 8.54. The van der Waals surface area contributed by atoms with Gasteiger partial charge in [0.25, 0.3) is 0 Å². The van der Waals surface area contributed by atoms with Crippen molar-refractivity contribution in [3.8, 4) is 0 Å². The Balaban J connectivity index is 2.08. The smallest absolute Gasteiger partial charge is 0.229 e. The van der Waals surface area contributed by atoms with Crippen molar-refractivity contribution in [3.63, 3.8) is 0 Å². The van der Waals surface area contributed by atoms with Gasteiger partial charge in [0.05, 0.1) is 10.0 Å². The minimum Gasteiger partial charge on any atom is -0.368 e. The maximum atomic E-state index is 5.91. The maximum Gasteiger partial charge on any atom is 0.229 e. The lowest BCUT2D eigenvalue weighted by Crippen LogP contribution is -2.09. The number of anilines is 3. The molecule has 0 atom stereocenters. The molecule has 0 fully saturated rings. The molecule has 0 amide bonds. The highest BCUT2D eigenvalue weighted by atomic mass is 35.5. The lowest BCUT2D eigenvalue weighted by atomic mass is 10.2. The van der Waals surface area contributed by atoms with Crippen LogP contribution >= 0.6 is 23.2 Å². The van der Waals surface area contributed by atoms with Crippen LogP contribution in [0.2, 0.25) is 10.0 Å². The second-order valence-electron chi connectivity index (χ2n) is 3.48. The summed E-state index contributed by atoms with van der Waals surface area (Å²) in [5, 5.41) is 3.97. The van der Waals surface area contributed by atoms with Crippen LogP contribution in [0.4, 0.5) is 17.8 Å². The van der Waals surface area contributed by atoms with Crippen LogP contribution in [0.25, 0.3) is 0 Å². The van der Waals surface area contributed by atoms with Crippen molar-refractivity contribution in [1.29, 1.82) is 0 Å². The highest BCUT2D eigenvalue weighted by Gasteiger charge is 2.03. The van der Waals surface area contributed by atoms with E-state index in [2.05, 4.69) is 20.3 Å². The molecular weight excluding hydrogens is 275 g/mol. The molecule has 0 saturated heterocycles. The Morgan fingerprint density at radius 3 is 2.28 bits per heavy atom. The van der Waals surface area contributed by atoms with Gasteiger partial charge in [0, 0.05) is 6.54 Å². The molecule has 1 aromatic heterocycles. The molecule has 0 saturated carbocycles.